The molecular weight excluding hydrogens is 366 g/mol. The van der Waals surface area contributed by atoms with Crippen LogP contribution in [0.5, 0.6) is 5.75 Å². The number of fused-ring (bicyclic) bond motifs is 1. The first kappa shape index (κ1) is 18.7. The third-order valence-electron chi connectivity index (χ3n) is 4.23. The van der Waals surface area contributed by atoms with E-state index in [9.17, 15) is 14.7 Å². The molecule has 0 radical (unpaired) electrons. The van der Waals surface area contributed by atoms with E-state index in [0.717, 1.165) is 0 Å². The minimum Gasteiger partial charge on any atom is -0.507 e. The molecule has 0 amide bonds. The second-order valence-electron chi connectivity index (χ2n) is 6.27. The van der Waals surface area contributed by atoms with Crippen LogP contribution in [0.3, 0.4) is 0 Å². The van der Waals surface area contributed by atoms with Crippen LogP contribution in [0, 0.1) is 0 Å². The molecule has 6 nitrogen and oxygen atoms in total. The van der Waals surface area contributed by atoms with Crippen LogP contribution in [0.2, 0.25) is 5.02 Å². The van der Waals surface area contributed by atoms with Crippen LogP contribution < -0.4 is 11.3 Å². The molecule has 3 rings (SSSR count). The Bertz CT molecular complexity index is 1130. The minimum absolute atomic E-state index is 0.124. The van der Waals surface area contributed by atoms with Gasteiger partial charge in [0.15, 0.2) is 5.78 Å². The number of nitrogens with two attached hydrogens (primary N) is 1. The predicted octanol–water partition coefficient (Wildman–Crippen LogP) is 3.08. The molecule has 27 heavy (non-hydrogen) atoms. The zero-order chi connectivity index (χ0) is 19.7. The number of pyridine rings is 2. The largest absolute Gasteiger partial charge is 0.507 e. The molecule has 0 saturated heterocycles. The van der Waals surface area contributed by atoms with Gasteiger partial charge in [-0.25, -0.2) is 0 Å². The number of carbonyl (C=O) groups excluding carboxylic acids is 1. The first-order valence-electron chi connectivity index (χ1n) is 8.22. The highest BCUT2D eigenvalue weighted by Crippen LogP contribution is 2.31. The maximum atomic E-state index is 12.4. The molecule has 2 aromatic heterocycles. The van der Waals surface area contributed by atoms with Crippen molar-refractivity contribution in [3.05, 3.63) is 74.9 Å². The SMILES string of the molecule is CC(=O)C(=C(C)N)c1cc2ccc(=O)n(Cc3ccc(Cl)cn3)c2cc1O. The molecule has 0 aliphatic carbocycles. The smallest absolute Gasteiger partial charge is 0.251 e. The number of halogens is 1. The lowest BCUT2D eigenvalue weighted by Gasteiger charge is -2.14. The Balaban J connectivity index is 2.19. The van der Waals surface area contributed by atoms with Gasteiger partial charge in [-0.05, 0) is 43.5 Å². The van der Waals surface area contributed by atoms with Crippen molar-refractivity contribution < 1.29 is 9.90 Å². The summed E-state index contributed by atoms with van der Waals surface area (Å²) in [5, 5.41) is 11.7. The van der Waals surface area contributed by atoms with E-state index < -0.39 is 0 Å². The van der Waals surface area contributed by atoms with Gasteiger partial charge in [0.05, 0.1) is 22.8 Å². The number of phenols is 1. The van der Waals surface area contributed by atoms with E-state index in [1.54, 1.807) is 31.2 Å². The van der Waals surface area contributed by atoms with Gasteiger partial charge in [0.1, 0.15) is 5.75 Å². The Morgan fingerprint density at radius 1 is 1.22 bits per heavy atom. The summed E-state index contributed by atoms with van der Waals surface area (Å²) < 4.78 is 1.50. The Morgan fingerprint density at radius 3 is 2.56 bits per heavy atom. The van der Waals surface area contributed by atoms with Gasteiger partial charge in [0.2, 0.25) is 0 Å². The minimum atomic E-state index is -0.247. The Kier molecular flexibility index (Phi) is 5.01. The lowest BCUT2D eigenvalue weighted by Crippen LogP contribution is -2.20. The third-order valence-corrected chi connectivity index (χ3v) is 4.46. The molecular formula is C20H18ClN3O3. The van der Waals surface area contributed by atoms with Gasteiger partial charge in [0.25, 0.3) is 5.56 Å². The highest BCUT2D eigenvalue weighted by molar-refractivity contribution is 6.30. The number of rotatable bonds is 4. The standard InChI is InChI=1S/C20H18ClN3O3/c1-11(22)20(12(2)25)16-7-13-3-6-19(27)24(17(13)8-18(16)26)10-15-5-4-14(21)9-23-15/h3-9,26H,10,22H2,1-2H3. The Labute approximate surface area is 160 Å². The van der Waals surface area contributed by atoms with Gasteiger partial charge in [-0.2, -0.15) is 0 Å². The summed E-state index contributed by atoms with van der Waals surface area (Å²) in [4.78, 5) is 28.5. The lowest BCUT2D eigenvalue weighted by atomic mass is 9.97. The van der Waals surface area contributed by atoms with Crippen molar-refractivity contribution >= 4 is 33.9 Å². The van der Waals surface area contributed by atoms with E-state index in [-0.39, 0.29) is 29.2 Å². The normalized spacial score (nSPS) is 12.1. The number of ketones is 1. The molecule has 1 aromatic carbocycles. The Morgan fingerprint density at radius 2 is 1.96 bits per heavy atom. The maximum Gasteiger partial charge on any atom is 0.251 e. The monoisotopic (exact) mass is 383 g/mol. The first-order valence-corrected chi connectivity index (χ1v) is 8.60. The van der Waals surface area contributed by atoms with Crippen molar-refractivity contribution in [3.63, 3.8) is 0 Å². The number of Topliss-reactive ketones (excluding diaryl/α,β-unsaturated/α-hetero) is 1. The highest BCUT2D eigenvalue weighted by atomic mass is 35.5. The average molecular weight is 384 g/mol. The third kappa shape index (κ3) is 3.71. The number of nitrogens with zero attached hydrogens (tertiary/aromatic N) is 2. The number of hydrogen-bond acceptors (Lipinski definition) is 5. The van der Waals surface area contributed by atoms with E-state index >= 15 is 0 Å². The van der Waals surface area contributed by atoms with Gasteiger partial charge < -0.3 is 15.4 Å². The molecule has 0 aliphatic rings. The fraction of sp³-hybridized carbons (Fsp3) is 0.150. The van der Waals surface area contributed by atoms with Gasteiger partial charge in [-0.15, -0.1) is 0 Å². The average Bonchev–Trinajstić information content (AvgIpc) is 2.60. The van der Waals surface area contributed by atoms with Crippen LogP contribution in [0.1, 0.15) is 25.1 Å². The van der Waals surface area contributed by atoms with Crippen molar-refractivity contribution in [2.45, 2.75) is 20.4 Å². The summed E-state index contributed by atoms with van der Waals surface area (Å²) in [5.41, 5.74) is 7.68. The summed E-state index contributed by atoms with van der Waals surface area (Å²) in [6.45, 7) is 3.22. The van der Waals surface area contributed by atoms with Crippen molar-refractivity contribution in [3.8, 4) is 5.75 Å². The number of hydrogen-bond donors (Lipinski definition) is 2. The highest BCUT2D eigenvalue weighted by Gasteiger charge is 2.17. The second kappa shape index (κ2) is 7.25. The van der Waals surface area contributed by atoms with Crippen LogP contribution in [0.4, 0.5) is 0 Å². The fourth-order valence-electron chi connectivity index (χ4n) is 3.04. The van der Waals surface area contributed by atoms with E-state index in [0.29, 0.717) is 32.9 Å². The zero-order valence-electron chi connectivity index (χ0n) is 14.9. The zero-order valence-corrected chi connectivity index (χ0v) is 15.6. The molecule has 3 aromatic rings. The van der Waals surface area contributed by atoms with E-state index in [1.807, 2.05) is 0 Å². The van der Waals surface area contributed by atoms with E-state index in [2.05, 4.69) is 4.98 Å². The van der Waals surface area contributed by atoms with Crippen LogP contribution >= 0.6 is 11.6 Å². The van der Waals surface area contributed by atoms with Crippen LogP contribution in [-0.4, -0.2) is 20.4 Å². The number of phenolic OH excluding ortho intramolecular Hbond substituents is 1. The van der Waals surface area contributed by atoms with Crippen LogP contribution in [0.15, 0.2) is 53.1 Å². The molecule has 0 unspecified atom stereocenters. The molecule has 0 saturated carbocycles. The van der Waals surface area contributed by atoms with E-state index in [4.69, 9.17) is 17.3 Å². The predicted molar refractivity (Wildman–Crippen MR) is 106 cm³/mol. The Hall–Kier alpha value is -3.12. The summed E-state index contributed by atoms with van der Waals surface area (Å²) in [5.74, 6) is -0.371. The lowest BCUT2D eigenvalue weighted by molar-refractivity contribution is -0.111. The number of allylic oxidation sites excluding steroid dienone is 2. The van der Waals surface area contributed by atoms with Gasteiger partial charge >= 0.3 is 0 Å². The summed E-state index contributed by atoms with van der Waals surface area (Å²) in [7, 11) is 0. The number of aromatic nitrogens is 2. The molecule has 0 fully saturated rings. The van der Waals surface area contributed by atoms with Gasteiger partial charge in [-0.3, -0.25) is 14.6 Å². The molecule has 0 spiro atoms. The molecule has 0 atom stereocenters. The number of aromatic hydroxyl groups is 1. The summed E-state index contributed by atoms with van der Waals surface area (Å²) in [6.07, 6.45) is 1.51. The quantitative estimate of drug-likeness (QED) is 0.674. The van der Waals surface area contributed by atoms with Crippen molar-refractivity contribution in [1.29, 1.82) is 0 Å². The molecule has 0 bridgehead atoms. The molecule has 7 heteroatoms. The van der Waals surface area contributed by atoms with Crippen LogP contribution in [-0.2, 0) is 11.3 Å². The summed E-state index contributed by atoms with van der Waals surface area (Å²) >= 11 is 5.85. The molecule has 3 N–H and O–H groups in total. The van der Waals surface area contributed by atoms with E-state index in [1.165, 1.54) is 29.8 Å². The second-order valence-corrected chi connectivity index (χ2v) is 6.70. The van der Waals surface area contributed by atoms with Crippen molar-refractivity contribution in [1.82, 2.24) is 9.55 Å². The fourth-order valence-corrected chi connectivity index (χ4v) is 3.15. The maximum absolute atomic E-state index is 12.4. The molecule has 138 valence electrons. The molecule has 2 heterocycles. The number of benzene rings is 1. The van der Waals surface area contributed by atoms with Crippen molar-refractivity contribution in [2.24, 2.45) is 5.73 Å². The van der Waals surface area contributed by atoms with Gasteiger partial charge in [-0.1, -0.05) is 11.6 Å². The van der Waals surface area contributed by atoms with Gasteiger partial charge in [0, 0.05) is 35.2 Å². The first-order chi connectivity index (χ1) is 12.8. The number of carbonyl (C=O) groups is 1. The van der Waals surface area contributed by atoms with Crippen molar-refractivity contribution in [2.75, 3.05) is 0 Å². The summed E-state index contributed by atoms with van der Waals surface area (Å²) in [6, 6.07) is 9.64. The van der Waals surface area contributed by atoms with Crippen LogP contribution in [0.25, 0.3) is 16.5 Å². The topological polar surface area (TPSA) is 98.2 Å². The molecule has 0 aliphatic heterocycles.